The Hall–Kier alpha value is -2.36. The Morgan fingerprint density at radius 1 is 1.18 bits per heavy atom. The largest absolute Gasteiger partial charge is 0.618 e. The molecule has 0 unspecified atom stereocenters. The molecule has 1 aromatic carbocycles. The zero-order valence-electron chi connectivity index (χ0n) is 9.25. The number of hydrogen-bond donors (Lipinski definition) is 1. The molecule has 0 fully saturated rings. The minimum atomic E-state index is -1.04. The molecule has 17 heavy (non-hydrogen) atoms. The molecule has 0 amide bonds. The van der Waals surface area contributed by atoms with Gasteiger partial charge in [0.25, 0.3) is 0 Å². The molecule has 0 aliphatic rings. The third-order valence-corrected chi connectivity index (χ3v) is 2.56. The van der Waals surface area contributed by atoms with Crippen LogP contribution in [0, 0.1) is 12.1 Å². The van der Waals surface area contributed by atoms with Crippen LogP contribution in [0.2, 0.25) is 0 Å². The Morgan fingerprint density at radius 3 is 2.59 bits per heavy atom. The highest BCUT2D eigenvalue weighted by atomic mass is 16.5. The molecule has 0 saturated carbocycles. The van der Waals surface area contributed by atoms with Crippen LogP contribution in [0.1, 0.15) is 16.1 Å². The normalized spacial score (nSPS) is 10.2. The first-order valence-electron chi connectivity index (χ1n) is 5.13. The van der Waals surface area contributed by atoms with E-state index in [9.17, 15) is 10.0 Å². The van der Waals surface area contributed by atoms with Crippen LogP contribution in [-0.4, -0.2) is 11.1 Å². The average Bonchev–Trinajstić information content (AvgIpc) is 2.33. The van der Waals surface area contributed by atoms with Gasteiger partial charge < -0.3 is 10.3 Å². The summed E-state index contributed by atoms with van der Waals surface area (Å²) in [7, 11) is 0. The van der Waals surface area contributed by atoms with Gasteiger partial charge in [0.2, 0.25) is 5.69 Å². The molecule has 4 heteroatoms. The second kappa shape index (κ2) is 4.25. The molecule has 1 aromatic heterocycles. The van der Waals surface area contributed by atoms with E-state index in [-0.39, 0.29) is 5.56 Å². The minimum absolute atomic E-state index is 0.128. The first kappa shape index (κ1) is 11.1. The lowest BCUT2D eigenvalue weighted by atomic mass is 10.0. The van der Waals surface area contributed by atoms with E-state index in [4.69, 9.17) is 5.11 Å². The van der Waals surface area contributed by atoms with Crippen molar-refractivity contribution in [1.29, 1.82) is 0 Å². The Labute approximate surface area is 98.4 Å². The van der Waals surface area contributed by atoms with E-state index >= 15 is 0 Å². The number of rotatable bonds is 2. The molecule has 1 N–H and O–H groups in total. The van der Waals surface area contributed by atoms with Crippen molar-refractivity contribution >= 4 is 5.97 Å². The van der Waals surface area contributed by atoms with Crippen molar-refractivity contribution in [2.75, 3.05) is 0 Å². The Morgan fingerprint density at radius 2 is 1.88 bits per heavy atom. The summed E-state index contributed by atoms with van der Waals surface area (Å²) < 4.78 is 0.738. The van der Waals surface area contributed by atoms with Crippen LogP contribution >= 0.6 is 0 Å². The molecule has 0 bridgehead atoms. The lowest BCUT2D eigenvalue weighted by Gasteiger charge is -2.08. The van der Waals surface area contributed by atoms with E-state index in [1.165, 1.54) is 6.07 Å². The first-order chi connectivity index (χ1) is 8.11. The quantitative estimate of drug-likeness (QED) is 0.632. The number of nitrogens with zero attached hydrogens (tertiary/aromatic N) is 1. The fourth-order valence-corrected chi connectivity index (χ4v) is 1.70. The van der Waals surface area contributed by atoms with Gasteiger partial charge >= 0.3 is 5.97 Å². The summed E-state index contributed by atoms with van der Waals surface area (Å²) >= 11 is 0. The lowest BCUT2D eigenvalue weighted by molar-refractivity contribution is -0.600. The van der Waals surface area contributed by atoms with Gasteiger partial charge in [-0.15, -0.1) is 0 Å². The number of aryl methyl sites for hydroxylation is 1. The van der Waals surface area contributed by atoms with Crippen LogP contribution in [-0.2, 0) is 0 Å². The van der Waals surface area contributed by atoms with Crippen LogP contribution in [0.4, 0.5) is 0 Å². The molecular weight excluding hydrogens is 218 g/mol. The molecule has 0 radical (unpaired) electrons. The van der Waals surface area contributed by atoms with E-state index < -0.39 is 5.97 Å². The van der Waals surface area contributed by atoms with E-state index in [2.05, 4.69) is 0 Å². The SMILES string of the molecule is Cc1cccc(-c2ccccc2C(=O)O)[n+]1[O-]. The molecule has 2 aromatic rings. The highest BCUT2D eigenvalue weighted by molar-refractivity contribution is 5.95. The standard InChI is InChI=1S/C13H11NO3/c1-9-5-4-8-12(14(9)17)10-6-2-3-7-11(10)13(15)16/h2-8H,1H3,(H,15,16). The number of aromatic carboxylic acids is 1. The van der Waals surface area contributed by atoms with Gasteiger partial charge in [-0.1, -0.05) is 12.1 Å². The van der Waals surface area contributed by atoms with Gasteiger partial charge in [-0.3, -0.25) is 0 Å². The van der Waals surface area contributed by atoms with Gasteiger partial charge in [-0.05, 0) is 18.2 Å². The molecule has 86 valence electrons. The van der Waals surface area contributed by atoms with Gasteiger partial charge in [-0.2, -0.15) is 4.73 Å². The van der Waals surface area contributed by atoms with Crippen LogP contribution in [0.5, 0.6) is 0 Å². The van der Waals surface area contributed by atoms with Gasteiger partial charge in [0, 0.05) is 19.1 Å². The number of aromatic nitrogens is 1. The van der Waals surface area contributed by atoms with Crippen molar-refractivity contribution < 1.29 is 14.6 Å². The summed E-state index contributed by atoms with van der Waals surface area (Å²) in [6.45, 7) is 1.68. The number of carboxylic acid groups (broad SMARTS) is 1. The maximum Gasteiger partial charge on any atom is 0.336 e. The van der Waals surface area contributed by atoms with Crippen LogP contribution < -0.4 is 4.73 Å². The second-order valence-electron chi connectivity index (χ2n) is 3.70. The third-order valence-electron chi connectivity index (χ3n) is 2.56. The highest BCUT2D eigenvalue weighted by Crippen LogP contribution is 2.20. The summed E-state index contributed by atoms with van der Waals surface area (Å²) in [5.41, 5.74) is 1.44. The highest BCUT2D eigenvalue weighted by Gasteiger charge is 2.17. The van der Waals surface area contributed by atoms with Crippen molar-refractivity contribution in [2.24, 2.45) is 0 Å². The Balaban J connectivity index is 2.69. The Bertz CT molecular complexity index is 579. The first-order valence-corrected chi connectivity index (χ1v) is 5.13. The summed E-state index contributed by atoms with van der Waals surface area (Å²) in [4.78, 5) is 11.1. The second-order valence-corrected chi connectivity index (χ2v) is 3.70. The predicted molar refractivity (Wildman–Crippen MR) is 62.5 cm³/mol. The van der Waals surface area contributed by atoms with Crippen LogP contribution in [0.15, 0.2) is 42.5 Å². The van der Waals surface area contributed by atoms with Gasteiger partial charge in [0.05, 0.1) is 11.1 Å². The number of pyridine rings is 1. The van der Waals surface area contributed by atoms with Gasteiger partial charge in [0.15, 0.2) is 5.69 Å². The topological polar surface area (TPSA) is 64.2 Å². The van der Waals surface area contributed by atoms with E-state index in [0.29, 0.717) is 17.0 Å². The van der Waals surface area contributed by atoms with Crippen molar-refractivity contribution in [3.05, 3.63) is 58.9 Å². The zero-order valence-corrected chi connectivity index (χ0v) is 9.25. The maximum absolute atomic E-state index is 11.9. The van der Waals surface area contributed by atoms with Crippen molar-refractivity contribution in [2.45, 2.75) is 6.92 Å². The molecule has 0 atom stereocenters. The molecular formula is C13H11NO3. The summed E-state index contributed by atoms with van der Waals surface area (Å²) in [6.07, 6.45) is 0. The fraction of sp³-hybridized carbons (Fsp3) is 0.0769. The third kappa shape index (κ3) is 1.97. The molecule has 0 saturated heterocycles. The predicted octanol–water partition coefficient (Wildman–Crippen LogP) is 1.99. The molecule has 0 aliphatic carbocycles. The van der Waals surface area contributed by atoms with Crippen molar-refractivity contribution in [1.82, 2.24) is 0 Å². The zero-order chi connectivity index (χ0) is 12.4. The smallest absolute Gasteiger partial charge is 0.336 e. The Kier molecular flexibility index (Phi) is 2.78. The maximum atomic E-state index is 11.9. The molecule has 0 spiro atoms. The van der Waals surface area contributed by atoms with Gasteiger partial charge in [-0.25, -0.2) is 4.79 Å². The monoisotopic (exact) mass is 229 g/mol. The molecule has 0 aliphatic heterocycles. The number of carboxylic acids is 1. The number of carbonyl (C=O) groups is 1. The van der Waals surface area contributed by atoms with Crippen LogP contribution in [0.25, 0.3) is 11.3 Å². The average molecular weight is 229 g/mol. The number of benzene rings is 1. The lowest BCUT2D eigenvalue weighted by Crippen LogP contribution is -2.32. The summed E-state index contributed by atoms with van der Waals surface area (Å²) in [5.74, 6) is -1.04. The van der Waals surface area contributed by atoms with Crippen molar-refractivity contribution in [3.8, 4) is 11.3 Å². The summed E-state index contributed by atoms with van der Waals surface area (Å²) in [6, 6.07) is 11.5. The molecule has 4 nitrogen and oxygen atoms in total. The van der Waals surface area contributed by atoms with Gasteiger partial charge in [0.1, 0.15) is 0 Å². The van der Waals surface area contributed by atoms with Crippen molar-refractivity contribution in [3.63, 3.8) is 0 Å². The minimum Gasteiger partial charge on any atom is -0.618 e. The summed E-state index contributed by atoms with van der Waals surface area (Å²) in [5, 5.41) is 20.9. The van der Waals surface area contributed by atoms with Crippen LogP contribution in [0.3, 0.4) is 0 Å². The van der Waals surface area contributed by atoms with E-state index in [1.807, 2.05) is 0 Å². The molecule has 2 rings (SSSR count). The van der Waals surface area contributed by atoms with E-state index in [1.54, 1.807) is 43.3 Å². The number of hydrogen-bond acceptors (Lipinski definition) is 2. The van der Waals surface area contributed by atoms with E-state index in [0.717, 1.165) is 4.73 Å². The molecule has 1 heterocycles. The fourth-order valence-electron chi connectivity index (χ4n) is 1.70.